The molecule has 1 aromatic carbocycles. The van der Waals surface area contributed by atoms with Crippen molar-refractivity contribution in [3.63, 3.8) is 0 Å². The highest BCUT2D eigenvalue weighted by Crippen LogP contribution is 2.31. The molecule has 1 aliphatic rings. The molecule has 0 aliphatic carbocycles. The number of aliphatic hydroxyl groups excluding tert-OH is 1. The van der Waals surface area contributed by atoms with Crippen molar-refractivity contribution < 1.29 is 10.2 Å². The van der Waals surface area contributed by atoms with E-state index in [0.717, 1.165) is 18.5 Å². The second-order valence-electron chi connectivity index (χ2n) is 4.46. The number of hydrogen-bond donors (Lipinski definition) is 3. The Morgan fingerprint density at radius 3 is 2.81 bits per heavy atom. The third-order valence-corrected chi connectivity index (χ3v) is 3.12. The number of benzene rings is 1. The van der Waals surface area contributed by atoms with Crippen molar-refractivity contribution in [2.24, 2.45) is 0 Å². The van der Waals surface area contributed by atoms with Crippen LogP contribution >= 0.6 is 12.4 Å². The lowest BCUT2D eigenvalue weighted by Crippen LogP contribution is -2.47. The van der Waals surface area contributed by atoms with Crippen LogP contribution in [0.3, 0.4) is 0 Å². The molecule has 90 valence electrons. The van der Waals surface area contributed by atoms with Gasteiger partial charge in [-0.05, 0) is 44.0 Å². The predicted molar refractivity (Wildman–Crippen MR) is 66.0 cm³/mol. The molecule has 16 heavy (non-hydrogen) atoms. The number of phenols is 1. The van der Waals surface area contributed by atoms with Crippen LogP contribution in [0.2, 0.25) is 0 Å². The van der Waals surface area contributed by atoms with E-state index in [0.29, 0.717) is 6.42 Å². The number of aromatic hydroxyl groups is 1. The van der Waals surface area contributed by atoms with Crippen LogP contribution in [0.25, 0.3) is 0 Å². The summed E-state index contributed by atoms with van der Waals surface area (Å²) in [6.45, 7) is 2.87. The number of phenolic OH excluding ortho intramolecular Hbond substituents is 1. The minimum Gasteiger partial charge on any atom is -0.508 e. The van der Waals surface area contributed by atoms with E-state index < -0.39 is 0 Å². The van der Waals surface area contributed by atoms with Crippen molar-refractivity contribution >= 4 is 12.4 Å². The first kappa shape index (κ1) is 13.3. The smallest absolute Gasteiger partial charge is 0.115 e. The van der Waals surface area contributed by atoms with Crippen LogP contribution in [0.15, 0.2) is 24.3 Å². The molecular weight excluding hydrogens is 226 g/mol. The van der Waals surface area contributed by atoms with Gasteiger partial charge in [-0.2, -0.15) is 0 Å². The average Bonchev–Trinajstić information content (AvgIpc) is 2.17. The van der Waals surface area contributed by atoms with Gasteiger partial charge in [0.05, 0.1) is 6.10 Å². The summed E-state index contributed by atoms with van der Waals surface area (Å²) in [7, 11) is 0. The van der Waals surface area contributed by atoms with Crippen LogP contribution in [0.4, 0.5) is 0 Å². The monoisotopic (exact) mass is 243 g/mol. The van der Waals surface area contributed by atoms with Gasteiger partial charge in [0.15, 0.2) is 0 Å². The molecule has 0 saturated carbocycles. The summed E-state index contributed by atoms with van der Waals surface area (Å²) >= 11 is 0. The Hall–Kier alpha value is -0.770. The zero-order valence-electron chi connectivity index (χ0n) is 9.31. The largest absolute Gasteiger partial charge is 0.508 e. The lowest BCUT2D eigenvalue weighted by Gasteiger charge is -2.38. The quantitative estimate of drug-likeness (QED) is 0.705. The normalized spacial score (nSPS) is 29.5. The van der Waals surface area contributed by atoms with Crippen LogP contribution in [0, 0.1) is 0 Å². The van der Waals surface area contributed by atoms with Gasteiger partial charge in [0, 0.05) is 5.54 Å². The zero-order valence-corrected chi connectivity index (χ0v) is 10.1. The van der Waals surface area contributed by atoms with E-state index in [2.05, 4.69) is 12.2 Å². The summed E-state index contributed by atoms with van der Waals surface area (Å²) in [5.41, 5.74) is 0.803. The van der Waals surface area contributed by atoms with Crippen LogP contribution in [-0.2, 0) is 5.54 Å². The molecule has 3 N–H and O–H groups in total. The molecule has 4 heteroatoms. The Kier molecular flexibility index (Phi) is 4.19. The van der Waals surface area contributed by atoms with E-state index in [1.165, 1.54) is 0 Å². The molecule has 1 aliphatic heterocycles. The fraction of sp³-hybridized carbons (Fsp3) is 0.500. The standard InChI is InChI=1S/C12H17NO2.ClH/c1-12(8-11(15)5-6-13-12)9-3-2-4-10(14)7-9;/h2-4,7,11,13-15H,5-6,8H2,1H3;1H. The van der Waals surface area contributed by atoms with Gasteiger partial charge >= 0.3 is 0 Å². The lowest BCUT2D eigenvalue weighted by atomic mass is 9.83. The predicted octanol–water partition coefficient (Wildman–Crippen LogP) is 1.77. The Morgan fingerprint density at radius 1 is 1.44 bits per heavy atom. The van der Waals surface area contributed by atoms with E-state index in [4.69, 9.17) is 0 Å². The molecule has 0 spiro atoms. The topological polar surface area (TPSA) is 52.5 Å². The Bertz CT molecular complexity index is 359. The molecule has 0 bridgehead atoms. The van der Waals surface area contributed by atoms with Crippen molar-refractivity contribution in [1.82, 2.24) is 5.32 Å². The number of rotatable bonds is 1. The van der Waals surface area contributed by atoms with Gasteiger partial charge in [-0.15, -0.1) is 12.4 Å². The lowest BCUT2D eigenvalue weighted by molar-refractivity contribution is 0.0834. The fourth-order valence-electron chi connectivity index (χ4n) is 2.23. The van der Waals surface area contributed by atoms with Gasteiger partial charge in [-0.1, -0.05) is 12.1 Å². The first-order valence-corrected chi connectivity index (χ1v) is 5.33. The average molecular weight is 244 g/mol. The molecular formula is C12H18ClNO2. The van der Waals surface area contributed by atoms with Crippen molar-refractivity contribution in [1.29, 1.82) is 0 Å². The first-order chi connectivity index (χ1) is 7.10. The summed E-state index contributed by atoms with van der Waals surface area (Å²) < 4.78 is 0. The molecule has 2 rings (SSSR count). The molecule has 0 amide bonds. The van der Waals surface area contributed by atoms with E-state index in [1.54, 1.807) is 12.1 Å². The van der Waals surface area contributed by atoms with Gasteiger partial charge in [-0.25, -0.2) is 0 Å². The van der Waals surface area contributed by atoms with Gasteiger partial charge in [0.25, 0.3) is 0 Å². The van der Waals surface area contributed by atoms with Crippen LogP contribution in [0.1, 0.15) is 25.3 Å². The van der Waals surface area contributed by atoms with E-state index >= 15 is 0 Å². The highest BCUT2D eigenvalue weighted by molar-refractivity contribution is 5.85. The third kappa shape index (κ3) is 2.67. The number of halogens is 1. The SMILES string of the molecule is CC1(c2cccc(O)c2)CC(O)CCN1.Cl. The first-order valence-electron chi connectivity index (χ1n) is 5.33. The Labute approximate surface area is 102 Å². The van der Waals surface area contributed by atoms with Crippen LogP contribution in [0.5, 0.6) is 5.75 Å². The van der Waals surface area contributed by atoms with E-state index in [-0.39, 0.29) is 29.8 Å². The third-order valence-electron chi connectivity index (χ3n) is 3.12. The van der Waals surface area contributed by atoms with Gasteiger partial charge in [0.2, 0.25) is 0 Å². The maximum atomic E-state index is 9.67. The summed E-state index contributed by atoms with van der Waals surface area (Å²) in [4.78, 5) is 0. The number of aliphatic hydroxyl groups is 1. The van der Waals surface area contributed by atoms with Gasteiger partial charge in [-0.3, -0.25) is 0 Å². The summed E-state index contributed by atoms with van der Waals surface area (Å²) in [5.74, 6) is 0.274. The molecule has 3 nitrogen and oxygen atoms in total. The number of nitrogens with one attached hydrogen (secondary N) is 1. The zero-order chi connectivity index (χ0) is 10.9. The van der Waals surface area contributed by atoms with Crippen LogP contribution in [-0.4, -0.2) is 22.9 Å². The van der Waals surface area contributed by atoms with Crippen molar-refractivity contribution in [2.75, 3.05) is 6.54 Å². The summed E-state index contributed by atoms with van der Waals surface area (Å²) in [6, 6.07) is 7.22. The Balaban J connectivity index is 0.00000128. The molecule has 1 heterocycles. The molecule has 1 aromatic rings. The van der Waals surface area contributed by atoms with E-state index in [1.807, 2.05) is 12.1 Å². The van der Waals surface area contributed by atoms with Crippen molar-refractivity contribution in [2.45, 2.75) is 31.4 Å². The number of hydrogen-bond acceptors (Lipinski definition) is 3. The van der Waals surface area contributed by atoms with Gasteiger partial charge in [0.1, 0.15) is 5.75 Å². The summed E-state index contributed by atoms with van der Waals surface area (Å²) in [5, 5.41) is 22.5. The van der Waals surface area contributed by atoms with Crippen LogP contribution < -0.4 is 5.32 Å². The number of piperidine rings is 1. The minimum absolute atomic E-state index is 0. The highest BCUT2D eigenvalue weighted by atomic mass is 35.5. The van der Waals surface area contributed by atoms with Gasteiger partial charge < -0.3 is 15.5 Å². The maximum absolute atomic E-state index is 9.67. The molecule has 0 aromatic heterocycles. The van der Waals surface area contributed by atoms with E-state index in [9.17, 15) is 10.2 Å². The molecule has 2 atom stereocenters. The second-order valence-corrected chi connectivity index (χ2v) is 4.46. The maximum Gasteiger partial charge on any atom is 0.115 e. The Morgan fingerprint density at radius 2 is 2.19 bits per heavy atom. The van der Waals surface area contributed by atoms with Crippen molar-refractivity contribution in [3.8, 4) is 5.75 Å². The summed E-state index contributed by atoms with van der Waals surface area (Å²) in [6.07, 6.45) is 1.24. The molecule has 2 unspecified atom stereocenters. The minimum atomic E-state index is -0.251. The van der Waals surface area contributed by atoms with Crippen molar-refractivity contribution in [3.05, 3.63) is 29.8 Å². The molecule has 1 saturated heterocycles. The molecule has 0 radical (unpaired) electrons. The molecule has 1 fully saturated rings. The fourth-order valence-corrected chi connectivity index (χ4v) is 2.23. The second kappa shape index (κ2) is 5.04. The highest BCUT2D eigenvalue weighted by Gasteiger charge is 2.32.